The van der Waals surface area contributed by atoms with Crippen LogP contribution in [0.5, 0.6) is 0 Å². The number of allylic oxidation sites excluding steroid dienone is 1. The second-order valence-corrected chi connectivity index (χ2v) is 14.7. The summed E-state index contributed by atoms with van der Waals surface area (Å²) in [5, 5.41) is 2.43. The number of rotatable bonds is 8. The number of nitrogens with zero attached hydrogens (tertiary/aromatic N) is 3. The Hall–Kier alpha value is -6.69. The van der Waals surface area contributed by atoms with Crippen LogP contribution in [0.4, 0.5) is 0 Å². The molecule has 55 heavy (non-hydrogen) atoms. The summed E-state index contributed by atoms with van der Waals surface area (Å²) in [5.74, 6) is 0.993. The van der Waals surface area contributed by atoms with E-state index in [2.05, 4.69) is 133 Å². The highest BCUT2D eigenvalue weighted by Gasteiger charge is 2.22. The number of benzene rings is 7. The maximum Gasteiger partial charge on any atom is 0.157 e. The molecule has 0 amide bonds. The van der Waals surface area contributed by atoms with Gasteiger partial charge in [0.1, 0.15) is 5.84 Å². The molecule has 2 heterocycles. The van der Waals surface area contributed by atoms with Crippen molar-refractivity contribution in [3.05, 3.63) is 199 Å². The first-order valence-electron chi connectivity index (χ1n) is 18.7. The van der Waals surface area contributed by atoms with Gasteiger partial charge in [0, 0.05) is 36.9 Å². The fourth-order valence-corrected chi connectivity index (χ4v) is 8.70. The van der Waals surface area contributed by atoms with E-state index in [-0.39, 0.29) is 0 Å². The van der Waals surface area contributed by atoms with Gasteiger partial charge in [-0.1, -0.05) is 170 Å². The van der Waals surface area contributed by atoms with Crippen molar-refractivity contribution in [1.29, 1.82) is 0 Å². The van der Waals surface area contributed by atoms with E-state index >= 15 is 0 Å². The van der Waals surface area contributed by atoms with E-state index in [0.29, 0.717) is 24.6 Å². The lowest BCUT2D eigenvalue weighted by Crippen LogP contribution is -2.26. The van der Waals surface area contributed by atoms with Crippen LogP contribution in [0.15, 0.2) is 197 Å². The Labute approximate surface area is 325 Å². The Kier molecular flexibility index (Phi) is 9.52. The van der Waals surface area contributed by atoms with Crippen LogP contribution in [0.3, 0.4) is 0 Å². The van der Waals surface area contributed by atoms with Crippen molar-refractivity contribution in [3.8, 4) is 33.4 Å². The minimum atomic E-state index is 0.395. The van der Waals surface area contributed by atoms with E-state index in [1.807, 2.05) is 59.9 Å². The van der Waals surface area contributed by atoms with Crippen LogP contribution in [0.2, 0.25) is 0 Å². The molecule has 9 rings (SSSR count). The van der Waals surface area contributed by atoms with Gasteiger partial charge in [-0.05, 0) is 58.4 Å². The van der Waals surface area contributed by atoms with Crippen molar-refractivity contribution >= 4 is 54.6 Å². The fourth-order valence-electron chi connectivity index (χ4n) is 7.33. The fraction of sp³-hybridized carbons (Fsp3) is 0.0600. The third-order valence-electron chi connectivity index (χ3n) is 10.1. The van der Waals surface area contributed by atoms with Crippen molar-refractivity contribution in [3.63, 3.8) is 0 Å². The largest absolute Gasteiger partial charge is 0.382 e. The van der Waals surface area contributed by atoms with Crippen LogP contribution in [0.25, 0.3) is 59.3 Å². The van der Waals surface area contributed by atoms with Gasteiger partial charge in [0.2, 0.25) is 0 Å². The molecule has 0 aliphatic carbocycles. The lowest BCUT2D eigenvalue weighted by atomic mass is 9.92. The molecule has 1 aliphatic rings. The number of aliphatic imine (C=N–C) groups is 3. The molecule has 0 radical (unpaired) electrons. The van der Waals surface area contributed by atoms with Gasteiger partial charge in [0.15, 0.2) is 5.84 Å². The van der Waals surface area contributed by atoms with Gasteiger partial charge in [0.25, 0.3) is 0 Å². The van der Waals surface area contributed by atoms with Crippen molar-refractivity contribution in [2.45, 2.75) is 19.4 Å². The molecule has 0 bridgehead atoms. The van der Waals surface area contributed by atoms with Crippen LogP contribution >= 0.6 is 11.3 Å². The maximum absolute atomic E-state index is 6.86. The Bertz CT molecular complexity index is 2750. The summed E-state index contributed by atoms with van der Waals surface area (Å²) < 4.78 is 2.50. The van der Waals surface area contributed by atoms with Gasteiger partial charge < -0.3 is 5.73 Å². The van der Waals surface area contributed by atoms with Gasteiger partial charge in [-0.15, -0.1) is 11.3 Å². The van der Waals surface area contributed by atoms with E-state index in [0.717, 1.165) is 34.5 Å². The molecule has 7 aromatic carbocycles. The molecule has 5 heteroatoms. The van der Waals surface area contributed by atoms with E-state index in [1.165, 1.54) is 53.6 Å². The normalized spacial score (nSPS) is 13.5. The third-order valence-corrected chi connectivity index (χ3v) is 11.3. The lowest BCUT2D eigenvalue weighted by molar-refractivity contribution is 1.06. The van der Waals surface area contributed by atoms with Crippen LogP contribution in [0, 0.1) is 0 Å². The summed E-state index contributed by atoms with van der Waals surface area (Å²) in [6, 6.07) is 61.6. The van der Waals surface area contributed by atoms with Crippen LogP contribution in [-0.2, 0) is 6.54 Å². The van der Waals surface area contributed by atoms with Crippen LogP contribution in [-0.4, -0.2) is 17.4 Å². The summed E-state index contributed by atoms with van der Waals surface area (Å²) in [6.07, 6.45) is 3.75. The highest BCUT2D eigenvalue weighted by atomic mass is 32.1. The summed E-state index contributed by atoms with van der Waals surface area (Å²) in [7, 11) is 0. The highest BCUT2D eigenvalue weighted by Crippen LogP contribution is 2.48. The molecule has 8 aromatic rings. The molecule has 2 N–H and O–H groups in total. The summed E-state index contributed by atoms with van der Waals surface area (Å²) in [6.45, 7) is 0.506. The molecule has 0 unspecified atom stereocenters. The smallest absolute Gasteiger partial charge is 0.157 e. The van der Waals surface area contributed by atoms with Gasteiger partial charge in [-0.3, -0.25) is 4.99 Å². The summed E-state index contributed by atoms with van der Waals surface area (Å²) in [4.78, 5) is 15.2. The first kappa shape index (κ1) is 34.1. The summed E-state index contributed by atoms with van der Waals surface area (Å²) >= 11 is 1.86. The van der Waals surface area contributed by atoms with Crippen molar-refractivity contribution in [2.24, 2.45) is 20.7 Å². The SMILES string of the molecule is NC(=NC(=NCc1ccccc1)c1ccccc1)C1=NC(c2ccc(-c3ccccc3)c3sc4c(-c5ccccc5)cc(-c5ccccc5)cc4c23)=CCC1. The zero-order valence-corrected chi connectivity index (χ0v) is 31.1. The number of amidine groups is 2. The minimum Gasteiger partial charge on any atom is -0.382 e. The minimum absolute atomic E-state index is 0.395. The standard InChI is InChI=1S/C50H38N4S/c51-49(54-50(38-25-14-5-15-26-38)52-33-34-17-6-1-7-18-34)45-28-16-27-44(53-45)41-30-29-40(36-21-10-3-11-22-36)48-46(41)43-32-39(35-19-8-2-9-20-35)31-42(47(43)55-48)37-23-12-4-13-24-37/h1-15,17-27,29-32H,16,28,33H2,(H2,51,52,54). The predicted molar refractivity (Wildman–Crippen MR) is 235 cm³/mol. The second-order valence-electron chi connectivity index (χ2n) is 13.6. The van der Waals surface area contributed by atoms with Gasteiger partial charge in [0.05, 0.1) is 18.0 Å². The molecule has 0 spiro atoms. The zero-order valence-electron chi connectivity index (χ0n) is 30.3. The average Bonchev–Trinajstić information content (AvgIpc) is 3.66. The van der Waals surface area contributed by atoms with Crippen LogP contribution in [0.1, 0.15) is 29.5 Å². The van der Waals surface area contributed by atoms with Crippen molar-refractivity contribution in [1.82, 2.24) is 0 Å². The Morgan fingerprint density at radius 2 is 1.16 bits per heavy atom. The Morgan fingerprint density at radius 1 is 0.582 bits per heavy atom. The number of nitrogens with two attached hydrogens (primary N) is 1. The molecular weight excluding hydrogens is 689 g/mol. The number of hydrogen-bond donors (Lipinski definition) is 1. The number of fused-ring (bicyclic) bond motifs is 3. The summed E-state index contributed by atoms with van der Waals surface area (Å²) in [5.41, 5.74) is 18.9. The first-order valence-corrected chi connectivity index (χ1v) is 19.5. The highest BCUT2D eigenvalue weighted by molar-refractivity contribution is 7.27. The monoisotopic (exact) mass is 726 g/mol. The van der Waals surface area contributed by atoms with Crippen LogP contribution < -0.4 is 5.73 Å². The van der Waals surface area contributed by atoms with Gasteiger partial charge in [-0.25, -0.2) is 9.98 Å². The average molecular weight is 727 g/mol. The van der Waals surface area contributed by atoms with E-state index < -0.39 is 0 Å². The Morgan fingerprint density at radius 3 is 1.84 bits per heavy atom. The van der Waals surface area contributed by atoms with Gasteiger partial charge in [-0.2, -0.15) is 0 Å². The van der Waals surface area contributed by atoms with E-state index in [4.69, 9.17) is 20.7 Å². The number of thiophene rings is 1. The van der Waals surface area contributed by atoms with E-state index in [1.54, 1.807) is 0 Å². The number of hydrogen-bond acceptors (Lipinski definition) is 3. The lowest BCUT2D eigenvalue weighted by Gasteiger charge is -2.16. The molecule has 1 aliphatic heterocycles. The maximum atomic E-state index is 6.86. The Balaban J connectivity index is 1.22. The molecule has 264 valence electrons. The molecule has 1 aromatic heterocycles. The third kappa shape index (κ3) is 7.06. The molecule has 4 nitrogen and oxygen atoms in total. The first-order chi connectivity index (χ1) is 27.2. The molecule has 0 saturated carbocycles. The zero-order chi connectivity index (χ0) is 37.0. The molecule has 0 atom stereocenters. The molecule has 0 saturated heterocycles. The van der Waals surface area contributed by atoms with Crippen molar-refractivity contribution in [2.75, 3.05) is 0 Å². The predicted octanol–water partition coefficient (Wildman–Crippen LogP) is 12.6. The molecular formula is C50H38N4S. The van der Waals surface area contributed by atoms with Crippen molar-refractivity contribution < 1.29 is 0 Å². The quantitative estimate of drug-likeness (QED) is 0.123. The van der Waals surface area contributed by atoms with E-state index in [9.17, 15) is 0 Å². The second kappa shape index (κ2) is 15.3. The van der Waals surface area contributed by atoms with Gasteiger partial charge >= 0.3 is 0 Å². The topological polar surface area (TPSA) is 63.1 Å². The molecule has 0 fully saturated rings.